The number of aliphatic imine (C=N–C) groups is 1. The van der Waals surface area contributed by atoms with E-state index < -0.39 is 0 Å². The molecule has 0 heterocycles. The van der Waals surface area contributed by atoms with E-state index in [0.29, 0.717) is 12.5 Å². The fraction of sp³-hybridized carbons (Fsp3) is 0.529. The SMILES string of the molecule is CCNC(=NCC(=O)NC(C)(C)C)NCCc1cccc(Cl)c1.I. The Morgan fingerprint density at radius 2 is 1.96 bits per heavy atom. The Labute approximate surface area is 167 Å². The second kappa shape index (κ2) is 11.5. The highest BCUT2D eigenvalue weighted by Gasteiger charge is 2.13. The van der Waals surface area contributed by atoms with E-state index in [2.05, 4.69) is 20.9 Å². The van der Waals surface area contributed by atoms with Crippen molar-refractivity contribution in [2.75, 3.05) is 19.6 Å². The summed E-state index contributed by atoms with van der Waals surface area (Å²) in [4.78, 5) is 16.1. The second-order valence-electron chi connectivity index (χ2n) is 6.30. The second-order valence-corrected chi connectivity index (χ2v) is 6.74. The third kappa shape index (κ3) is 10.7. The number of guanidine groups is 1. The summed E-state index contributed by atoms with van der Waals surface area (Å²) in [5.74, 6) is 0.545. The fourth-order valence-corrected chi connectivity index (χ4v) is 2.18. The van der Waals surface area contributed by atoms with E-state index >= 15 is 0 Å². The van der Waals surface area contributed by atoms with E-state index in [4.69, 9.17) is 11.6 Å². The van der Waals surface area contributed by atoms with Crippen molar-refractivity contribution in [3.05, 3.63) is 34.9 Å². The molecule has 0 spiro atoms. The molecule has 0 radical (unpaired) electrons. The van der Waals surface area contributed by atoms with E-state index in [1.54, 1.807) is 0 Å². The van der Waals surface area contributed by atoms with Crippen molar-refractivity contribution < 1.29 is 4.79 Å². The molecule has 136 valence electrons. The van der Waals surface area contributed by atoms with Crippen LogP contribution in [-0.4, -0.2) is 37.0 Å². The smallest absolute Gasteiger partial charge is 0.242 e. The van der Waals surface area contributed by atoms with Gasteiger partial charge in [-0.3, -0.25) is 4.79 Å². The number of nitrogens with zero attached hydrogens (tertiary/aromatic N) is 1. The van der Waals surface area contributed by atoms with Crippen LogP contribution >= 0.6 is 35.6 Å². The number of hydrogen-bond donors (Lipinski definition) is 3. The summed E-state index contributed by atoms with van der Waals surface area (Å²) in [6.07, 6.45) is 0.833. The minimum atomic E-state index is -0.245. The number of carbonyl (C=O) groups is 1. The minimum absolute atomic E-state index is 0. The molecular formula is C17H28ClIN4O. The van der Waals surface area contributed by atoms with E-state index in [1.165, 1.54) is 0 Å². The van der Waals surface area contributed by atoms with Gasteiger partial charge in [-0.15, -0.1) is 24.0 Å². The van der Waals surface area contributed by atoms with Crippen molar-refractivity contribution >= 4 is 47.4 Å². The Morgan fingerprint density at radius 3 is 2.54 bits per heavy atom. The van der Waals surface area contributed by atoms with E-state index in [0.717, 1.165) is 23.6 Å². The molecule has 0 aromatic heterocycles. The Kier molecular flexibility index (Phi) is 11.0. The molecular weight excluding hydrogens is 439 g/mol. The van der Waals surface area contributed by atoms with Crippen LogP contribution in [0.4, 0.5) is 0 Å². The van der Waals surface area contributed by atoms with Gasteiger partial charge in [-0.25, -0.2) is 4.99 Å². The number of hydrogen-bond acceptors (Lipinski definition) is 2. The van der Waals surface area contributed by atoms with Crippen molar-refractivity contribution in [1.82, 2.24) is 16.0 Å². The van der Waals surface area contributed by atoms with Crippen LogP contribution < -0.4 is 16.0 Å². The largest absolute Gasteiger partial charge is 0.357 e. The lowest BCUT2D eigenvalue weighted by Crippen LogP contribution is -2.43. The van der Waals surface area contributed by atoms with Gasteiger partial charge in [0, 0.05) is 23.7 Å². The van der Waals surface area contributed by atoms with Gasteiger partial charge in [-0.05, 0) is 51.8 Å². The van der Waals surface area contributed by atoms with Gasteiger partial charge in [0.05, 0.1) is 0 Å². The average molecular weight is 467 g/mol. The van der Waals surface area contributed by atoms with E-state index in [9.17, 15) is 4.79 Å². The van der Waals surface area contributed by atoms with Crippen molar-refractivity contribution in [1.29, 1.82) is 0 Å². The summed E-state index contributed by atoms with van der Waals surface area (Å²) in [5, 5.41) is 9.98. The molecule has 1 amide bonds. The molecule has 0 aliphatic rings. The zero-order chi connectivity index (χ0) is 17.3. The Bertz CT molecular complexity index is 544. The van der Waals surface area contributed by atoms with E-state index in [1.807, 2.05) is 52.0 Å². The van der Waals surface area contributed by atoms with Crippen LogP contribution in [0.3, 0.4) is 0 Å². The number of nitrogens with one attached hydrogen (secondary N) is 3. The van der Waals surface area contributed by atoms with Gasteiger partial charge in [0.15, 0.2) is 5.96 Å². The highest BCUT2D eigenvalue weighted by Crippen LogP contribution is 2.10. The number of amides is 1. The van der Waals surface area contributed by atoms with Crippen molar-refractivity contribution in [2.45, 2.75) is 39.7 Å². The molecule has 5 nitrogen and oxygen atoms in total. The monoisotopic (exact) mass is 466 g/mol. The van der Waals surface area contributed by atoms with Crippen LogP contribution in [0.1, 0.15) is 33.3 Å². The molecule has 24 heavy (non-hydrogen) atoms. The quantitative estimate of drug-likeness (QED) is 0.343. The maximum absolute atomic E-state index is 11.8. The van der Waals surface area contributed by atoms with Gasteiger partial charge in [0.2, 0.25) is 5.91 Å². The predicted octanol–water partition coefficient (Wildman–Crippen LogP) is 2.97. The van der Waals surface area contributed by atoms with Gasteiger partial charge in [0.25, 0.3) is 0 Å². The molecule has 0 atom stereocenters. The molecule has 0 aliphatic heterocycles. The first-order valence-corrected chi connectivity index (χ1v) is 8.25. The van der Waals surface area contributed by atoms with Gasteiger partial charge < -0.3 is 16.0 Å². The summed E-state index contributed by atoms with van der Waals surface area (Å²) in [5.41, 5.74) is 0.914. The highest BCUT2D eigenvalue weighted by molar-refractivity contribution is 14.0. The number of carbonyl (C=O) groups excluding carboxylic acids is 1. The molecule has 1 aromatic rings. The van der Waals surface area contributed by atoms with Gasteiger partial charge in [-0.1, -0.05) is 23.7 Å². The Morgan fingerprint density at radius 1 is 1.25 bits per heavy atom. The molecule has 0 aliphatic carbocycles. The standard InChI is InChI=1S/C17H27ClN4O.HI/c1-5-19-16(21-12-15(23)22-17(2,3)4)20-10-9-13-7-6-8-14(18)11-13;/h6-8,11H,5,9-10,12H2,1-4H3,(H,22,23)(H2,19,20,21);1H. The lowest BCUT2D eigenvalue weighted by Gasteiger charge is -2.20. The molecule has 0 fully saturated rings. The third-order valence-corrected chi connectivity index (χ3v) is 3.07. The first-order valence-electron chi connectivity index (χ1n) is 7.88. The van der Waals surface area contributed by atoms with Crippen molar-refractivity contribution in [3.63, 3.8) is 0 Å². The molecule has 0 saturated carbocycles. The first kappa shape index (κ1) is 23.0. The molecule has 7 heteroatoms. The van der Waals surface area contributed by atoms with E-state index in [-0.39, 0.29) is 42.0 Å². The van der Waals surface area contributed by atoms with Crippen LogP contribution in [0.2, 0.25) is 5.02 Å². The highest BCUT2D eigenvalue weighted by atomic mass is 127. The minimum Gasteiger partial charge on any atom is -0.357 e. The topological polar surface area (TPSA) is 65.5 Å². The number of halogens is 2. The molecule has 0 unspecified atom stereocenters. The predicted molar refractivity (Wildman–Crippen MR) is 112 cm³/mol. The van der Waals surface area contributed by atoms with Crippen LogP contribution in [0.25, 0.3) is 0 Å². The van der Waals surface area contributed by atoms with Crippen LogP contribution in [0, 0.1) is 0 Å². The van der Waals surface area contributed by atoms with Gasteiger partial charge in [0.1, 0.15) is 6.54 Å². The summed E-state index contributed by atoms with van der Waals surface area (Å²) < 4.78 is 0. The number of benzene rings is 1. The van der Waals surface area contributed by atoms with Gasteiger partial charge in [-0.2, -0.15) is 0 Å². The summed E-state index contributed by atoms with van der Waals surface area (Å²) >= 11 is 5.97. The lowest BCUT2D eigenvalue weighted by atomic mass is 10.1. The zero-order valence-corrected chi connectivity index (χ0v) is 17.9. The first-order chi connectivity index (χ1) is 10.8. The van der Waals surface area contributed by atoms with Crippen LogP contribution in [0.15, 0.2) is 29.3 Å². The van der Waals surface area contributed by atoms with Crippen molar-refractivity contribution in [2.24, 2.45) is 4.99 Å². The average Bonchev–Trinajstić information content (AvgIpc) is 2.43. The van der Waals surface area contributed by atoms with Crippen LogP contribution in [0.5, 0.6) is 0 Å². The summed E-state index contributed by atoms with van der Waals surface area (Å²) in [6, 6.07) is 7.78. The summed E-state index contributed by atoms with van der Waals surface area (Å²) in [7, 11) is 0. The third-order valence-electron chi connectivity index (χ3n) is 2.83. The molecule has 0 bridgehead atoms. The maximum Gasteiger partial charge on any atom is 0.242 e. The normalized spacial score (nSPS) is 11.5. The molecule has 3 N–H and O–H groups in total. The summed E-state index contributed by atoms with van der Waals surface area (Å²) in [6.45, 7) is 9.39. The van der Waals surface area contributed by atoms with Crippen LogP contribution in [-0.2, 0) is 11.2 Å². The van der Waals surface area contributed by atoms with Crippen molar-refractivity contribution in [3.8, 4) is 0 Å². The zero-order valence-electron chi connectivity index (χ0n) is 14.8. The van der Waals surface area contributed by atoms with Gasteiger partial charge >= 0.3 is 0 Å². The maximum atomic E-state index is 11.8. The fourth-order valence-electron chi connectivity index (χ4n) is 1.97. The lowest BCUT2D eigenvalue weighted by molar-refractivity contribution is -0.121. The number of rotatable bonds is 6. The molecule has 1 rings (SSSR count). The molecule has 1 aromatic carbocycles. The Hall–Kier alpha value is -1.02. The Balaban J connectivity index is 0.00000529. The molecule has 0 saturated heterocycles.